The van der Waals surface area contributed by atoms with Crippen molar-refractivity contribution in [1.82, 2.24) is 14.7 Å². The number of rotatable bonds is 4. The summed E-state index contributed by atoms with van der Waals surface area (Å²) in [5, 5.41) is 16.9. The van der Waals surface area contributed by atoms with E-state index in [-0.39, 0.29) is 23.9 Å². The monoisotopic (exact) mass is 346 g/mol. The van der Waals surface area contributed by atoms with Gasteiger partial charge in [-0.25, -0.2) is 13.9 Å². The molecule has 0 radical (unpaired) electrons. The maximum absolute atomic E-state index is 13.9. The SMILES string of the molecule is Cc1c(NC(=O)N(C)CC2CCCC2O)cnn1-c1ccccc1F. The summed E-state index contributed by atoms with van der Waals surface area (Å²) in [6, 6.07) is 6.09. The summed E-state index contributed by atoms with van der Waals surface area (Å²) in [5.41, 5.74) is 1.52. The number of nitrogens with zero attached hydrogens (tertiary/aromatic N) is 3. The van der Waals surface area contributed by atoms with Crippen LogP contribution in [0.2, 0.25) is 0 Å². The Balaban J connectivity index is 1.69. The number of urea groups is 1. The van der Waals surface area contributed by atoms with E-state index in [1.807, 2.05) is 0 Å². The molecule has 7 heteroatoms. The van der Waals surface area contributed by atoms with Gasteiger partial charge in [-0.1, -0.05) is 18.6 Å². The van der Waals surface area contributed by atoms with E-state index in [2.05, 4.69) is 10.4 Å². The highest BCUT2D eigenvalue weighted by molar-refractivity contribution is 5.89. The molecule has 0 aliphatic heterocycles. The fraction of sp³-hybridized carbons (Fsp3) is 0.444. The largest absolute Gasteiger partial charge is 0.393 e. The lowest BCUT2D eigenvalue weighted by atomic mass is 10.1. The summed E-state index contributed by atoms with van der Waals surface area (Å²) in [4.78, 5) is 14.0. The van der Waals surface area contributed by atoms with Gasteiger partial charge < -0.3 is 15.3 Å². The van der Waals surface area contributed by atoms with Crippen LogP contribution in [0.5, 0.6) is 0 Å². The van der Waals surface area contributed by atoms with Gasteiger partial charge in [0.05, 0.1) is 23.7 Å². The second kappa shape index (κ2) is 7.23. The molecule has 1 fully saturated rings. The van der Waals surface area contributed by atoms with Gasteiger partial charge in [0, 0.05) is 19.5 Å². The number of para-hydroxylation sites is 1. The fourth-order valence-electron chi connectivity index (χ4n) is 3.27. The molecule has 1 aliphatic rings. The van der Waals surface area contributed by atoms with E-state index in [0.717, 1.165) is 19.3 Å². The normalized spacial score (nSPS) is 19.8. The highest BCUT2D eigenvalue weighted by Gasteiger charge is 2.27. The van der Waals surface area contributed by atoms with Gasteiger partial charge in [0.2, 0.25) is 0 Å². The molecule has 2 N–H and O–H groups in total. The lowest BCUT2D eigenvalue weighted by molar-refractivity contribution is 0.116. The second-order valence-corrected chi connectivity index (χ2v) is 6.58. The van der Waals surface area contributed by atoms with Crippen LogP contribution in [0.3, 0.4) is 0 Å². The number of nitrogens with one attached hydrogen (secondary N) is 1. The maximum Gasteiger partial charge on any atom is 0.321 e. The van der Waals surface area contributed by atoms with Crippen LogP contribution in [0, 0.1) is 18.7 Å². The van der Waals surface area contributed by atoms with Gasteiger partial charge in [-0.05, 0) is 31.9 Å². The first-order valence-electron chi connectivity index (χ1n) is 8.47. The predicted molar refractivity (Wildman–Crippen MR) is 93.3 cm³/mol. The highest BCUT2D eigenvalue weighted by Crippen LogP contribution is 2.26. The van der Waals surface area contributed by atoms with Crippen molar-refractivity contribution >= 4 is 11.7 Å². The molecule has 3 rings (SSSR count). The smallest absolute Gasteiger partial charge is 0.321 e. The molecule has 25 heavy (non-hydrogen) atoms. The number of carbonyl (C=O) groups excluding carboxylic acids is 1. The number of hydrogen-bond donors (Lipinski definition) is 2. The molecule has 1 heterocycles. The molecule has 1 saturated carbocycles. The van der Waals surface area contributed by atoms with Gasteiger partial charge >= 0.3 is 6.03 Å². The Morgan fingerprint density at radius 3 is 2.88 bits per heavy atom. The van der Waals surface area contributed by atoms with Crippen LogP contribution in [0.4, 0.5) is 14.9 Å². The second-order valence-electron chi connectivity index (χ2n) is 6.58. The molecule has 6 nitrogen and oxygen atoms in total. The predicted octanol–water partition coefficient (Wildman–Crippen LogP) is 2.94. The van der Waals surface area contributed by atoms with Gasteiger partial charge in [-0.3, -0.25) is 0 Å². The summed E-state index contributed by atoms with van der Waals surface area (Å²) in [6.45, 7) is 2.28. The Kier molecular flexibility index (Phi) is 5.03. The van der Waals surface area contributed by atoms with Crippen molar-refractivity contribution in [1.29, 1.82) is 0 Å². The molecular formula is C18H23FN4O2. The van der Waals surface area contributed by atoms with E-state index in [0.29, 0.717) is 23.6 Å². The molecule has 2 unspecified atom stereocenters. The van der Waals surface area contributed by atoms with Gasteiger partial charge in [-0.2, -0.15) is 5.10 Å². The third kappa shape index (κ3) is 3.66. The van der Waals surface area contributed by atoms with E-state index in [9.17, 15) is 14.3 Å². The van der Waals surface area contributed by atoms with Crippen molar-refractivity contribution in [2.45, 2.75) is 32.3 Å². The molecule has 1 aliphatic carbocycles. The van der Waals surface area contributed by atoms with Crippen molar-refractivity contribution in [3.8, 4) is 5.69 Å². The number of carbonyl (C=O) groups is 1. The molecule has 0 saturated heterocycles. The zero-order chi connectivity index (χ0) is 18.0. The van der Waals surface area contributed by atoms with Crippen molar-refractivity contribution in [3.05, 3.63) is 42.0 Å². The van der Waals surface area contributed by atoms with Crippen LogP contribution in [0.1, 0.15) is 25.0 Å². The molecule has 2 aromatic rings. The number of aromatic nitrogens is 2. The molecule has 0 bridgehead atoms. The number of anilines is 1. The topological polar surface area (TPSA) is 70.4 Å². The van der Waals surface area contributed by atoms with Crippen molar-refractivity contribution in [2.24, 2.45) is 5.92 Å². The Morgan fingerprint density at radius 1 is 1.44 bits per heavy atom. The Bertz CT molecular complexity index is 761. The van der Waals surface area contributed by atoms with Crippen LogP contribution in [-0.2, 0) is 0 Å². The summed E-state index contributed by atoms with van der Waals surface area (Å²) in [5.74, 6) is -0.253. The summed E-state index contributed by atoms with van der Waals surface area (Å²) < 4.78 is 15.4. The lowest BCUT2D eigenvalue weighted by Crippen LogP contribution is -2.37. The number of aliphatic hydroxyl groups excluding tert-OH is 1. The van der Waals surface area contributed by atoms with Gasteiger partial charge in [0.15, 0.2) is 0 Å². The fourth-order valence-corrected chi connectivity index (χ4v) is 3.27. The molecule has 134 valence electrons. The number of aliphatic hydroxyl groups is 1. The van der Waals surface area contributed by atoms with Gasteiger partial charge in [-0.15, -0.1) is 0 Å². The van der Waals surface area contributed by atoms with E-state index in [1.54, 1.807) is 37.1 Å². The van der Waals surface area contributed by atoms with E-state index >= 15 is 0 Å². The summed E-state index contributed by atoms with van der Waals surface area (Å²) in [6.07, 6.45) is 3.91. The van der Waals surface area contributed by atoms with Crippen molar-refractivity contribution in [2.75, 3.05) is 18.9 Å². The van der Waals surface area contributed by atoms with Gasteiger partial charge in [0.1, 0.15) is 11.5 Å². The Morgan fingerprint density at radius 2 is 2.20 bits per heavy atom. The molecule has 1 aromatic heterocycles. The van der Waals surface area contributed by atoms with Gasteiger partial charge in [0.25, 0.3) is 0 Å². The average Bonchev–Trinajstić information content (AvgIpc) is 3.15. The van der Waals surface area contributed by atoms with E-state index in [1.165, 1.54) is 16.9 Å². The first-order chi connectivity index (χ1) is 12.0. The number of amides is 2. The third-order valence-corrected chi connectivity index (χ3v) is 4.81. The van der Waals surface area contributed by atoms with E-state index in [4.69, 9.17) is 0 Å². The molecule has 2 amide bonds. The van der Waals surface area contributed by atoms with Crippen LogP contribution in [0.15, 0.2) is 30.5 Å². The quantitative estimate of drug-likeness (QED) is 0.894. The highest BCUT2D eigenvalue weighted by atomic mass is 19.1. The number of halogens is 1. The number of hydrogen-bond acceptors (Lipinski definition) is 3. The van der Waals surface area contributed by atoms with Crippen LogP contribution >= 0.6 is 0 Å². The first kappa shape index (κ1) is 17.4. The average molecular weight is 346 g/mol. The zero-order valence-electron chi connectivity index (χ0n) is 14.4. The number of benzene rings is 1. The minimum absolute atomic E-state index is 0.123. The van der Waals surface area contributed by atoms with Crippen LogP contribution in [0.25, 0.3) is 5.69 Å². The third-order valence-electron chi connectivity index (χ3n) is 4.81. The first-order valence-corrected chi connectivity index (χ1v) is 8.47. The van der Waals surface area contributed by atoms with Crippen LogP contribution in [-0.4, -0.2) is 45.5 Å². The maximum atomic E-state index is 13.9. The molecule has 0 spiro atoms. The van der Waals surface area contributed by atoms with Crippen molar-refractivity contribution < 1.29 is 14.3 Å². The Labute approximate surface area is 146 Å². The standard InChI is InChI=1S/C18H23FN4O2/c1-12-15(10-20-23(12)16-8-4-3-7-14(16)19)21-18(25)22(2)11-13-6-5-9-17(13)24/h3-4,7-8,10,13,17,24H,5-6,9,11H2,1-2H3,(H,21,25). The van der Waals surface area contributed by atoms with E-state index < -0.39 is 0 Å². The van der Waals surface area contributed by atoms with Crippen molar-refractivity contribution in [3.63, 3.8) is 0 Å². The molecule has 2 atom stereocenters. The lowest BCUT2D eigenvalue weighted by Gasteiger charge is -2.23. The van der Waals surface area contributed by atoms with Crippen LogP contribution < -0.4 is 5.32 Å². The summed E-state index contributed by atoms with van der Waals surface area (Å²) in [7, 11) is 1.71. The Hall–Kier alpha value is -2.41. The molecular weight excluding hydrogens is 323 g/mol. The summed E-state index contributed by atoms with van der Waals surface area (Å²) >= 11 is 0. The zero-order valence-corrected chi connectivity index (χ0v) is 14.4. The minimum Gasteiger partial charge on any atom is -0.393 e. The molecule has 1 aromatic carbocycles. The minimum atomic E-state index is -0.376.